The lowest BCUT2D eigenvalue weighted by atomic mass is 9.48. The number of hydrogen-bond acceptors (Lipinski definition) is 5. The van der Waals surface area contributed by atoms with Gasteiger partial charge in [0.05, 0.1) is 12.8 Å². The molecule has 1 aliphatic heterocycles. The number of piperazine rings is 1. The minimum absolute atomic E-state index is 0.337. The Morgan fingerprint density at radius 1 is 0.886 bits per heavy atom. The van der Waals surface area contributed by atoms with E-state index < -0.39 is 6.10 Å². The highest BCUT2D eigenvalue weighted by atomic mass is 16.5. The molecule has 2 aromatic rings. The smallest absolute Gasteiger partial charge is 0.142 e. The average molecular weight is 477 g/mol. The number of nitrogens with zero attached hydrogens (tertiary/aromatic N) is 2. The third-order valence-electron chi connectivity index (χ3n) is 9.21. The van der Waals surface area contributed by atoms with Crippen LogP contribution in [0.25, 0.3) is 0 Å². The number of aliphatic hydroxyl groups excluding tert-OH is 1. The van der Waals surface area contributed by atoms with Crippen molar-refractivity contribution in [2.75, 3.05) is 51.3 Å². The molecule has 2 aromatic carbocycles. The minimum Gasteiger partial charge on any atom is -0.495 e. The molecular formula is C30H40N2O3. The highest BCUT2D eigenvalue weighted by Gasteiger charge is 2.51. The number of ether oxygens (including phenoxy) is 2. The second-order valence-electron chi connectivity index (χ2n) is 11.6. The fourth-order valence-corrected chi connectivity index (χ4v) is 7.97. The summed E-state index contributed by atoms with van der Waals surface area (Å²) in [5.41, 5.74) is 3.10. The second kappa shape index (κ2) is 9.67. The highest BCUT2D eigenvalue weighted by Crippen LogP contribution is 2.60. The van der Waals surface area contributed by atoms with Gasteiger partial charge in [-0.2, -0.15) is 0 Å². The Labute approximate surface area is 210 Å². The molecule has 35 heavy (non-hydrogen) atoms. The Balaban J connectivity index is 0.978. The molecule has 7 rings (SSSR count). The van der Waals surface area contributed by atoms with E-state index in [0.29, 0.717) is 18.6 Å². The molecule has 1 atom stereocenters. The van der Waals surface area contributed by atoms with Gasteiger partial charge in [-0.05, 0) is 91.5 Å². The lowest BCUT2D eigenvalue weighted by Gasteiger charge is -2.57. The monoisotopic (exact) mass is 476 g/mol. The molecule has 4 saturated carbocycles. The van der Waals surface area contributed by atoms with E-state index in [1.807, 2.05) is 12.1 Å². The maximum Gasteiger partial charge on any atom is 0.142 e. The summed E-state index contributed by atoms with van der Waals surface area (Å²) >= 11 is 0. The first-order valence-corrected chi connectivity index (χ1v) is 13.6. The summed E-state index contributed by atoms with van der Waals surface area (Å²) in [6, 6.07) is 17.1. The number of hydrogen-bond donors (Lipinski definition) is 1. The van der Waals surface area contributed by atoms with Crippen LogP contribution >= 0.6 is 0 Å². The maximum atomic E-state index is 10.6. The summed E-state index contributed by atoms with van der Waals surface area (Å²) in [6.45, 7) is 4.69. The van der Waals surface area contributed by atoms with Crippen molar-refractivity contribution in [1.82, 2.24) is 4.90 Å². The van der Waals surface area contributed by atoms with Gasteiger partial charge in [-0.1, -0.05) is 24.3 Å². The van der Waals surface area contributed by atoms with Gasteiger partial charge in [0.25, 0.3) is 0 Å². The molecule has 5 nitrogen and oxygen atoms in total. The molecule has 1 heterocycles. The Morgan fingerprint density at radius 2 is 1.51 bits per heavy atom. The predicted octanol–water partition coefficient (Wildman–Crippen LogP) is 4.72. The molecule has 1 saturated heterocycles. The molecular weight excluding hydrogens is 436 g/mol. The fraction of sp³-hybridized carbons (Fsp3) is 0.600. The van der Waals surface area contributed by atoms with Crippen molar-refractivity contribution >= 4 is 5.69 Å². The van der Waals surface area contributed by atoms with Crippen molar-refractivity contribution in [3.63, 3.8) is 0 Å². The van der Waals surface area contributed by atoms with Crippen molar-refractivity contribution in [3.8, 4) is 11.5 Å². The molecule has 0 aromatic heterocycles. The Bertz CT molecular complexity index is 964. The molecule has 1 unspecified atom stereocenters. The Kier molecular flexibility index (Phi) is 6.40. The quantitative estimate of drug-likeness (QED) is 0.597. The van der Waals surface area contributed by atoms with Gasteiger partial charge in [0, 0.05) is 32.7 Å². The summed E-state index contributed by atoms with van der Waals surface area (Å²) in [4.78, 5) is 4.69. The average Bonchev–Trinajstić information content (AvgIpc) is 2.87. The number of β-amino-alcohol motifs (C(OH)–C–C–N with tert-alkyl or cyclic N) is 1. The summed E-state index contributed by atoms with van der Waals surface area (Å²) in [5, 5.41) is 10.6. The van der Waals surface area contributed by atoms with Crippen LogP contribution < -0.4 is 14.4 Å². The van der Waals surface area contributed by atoms with Gasteiger partial charge < -0.3 is 19.5 Å². The second-order valence-corrected chi connectivity index (χ2v) is 11.6. The lowest BCUT2D eigenvalue weighted by molar-refractivity contribution is -0.00522. The summed E-state index contributed by atoms with van der Waals surface area (Å²) in [5.74, 6) is 4.68. The van der Waals surface area contributed by atoms with Crippen LogP contribution in [0.1, 0.15) is 44.1 Å². The van der Waals surface area contributed by atoms with Crippen LogP contribution in [0.3, 0.4) is 0 Å². The van der Waals surface area contributed by atoms with Gasteiger partial charge in [0.15, 0.2) is 0 Å². The molecule has 5 aliphatic rings. The summed E-state index contributed by atoms with van der Waals surface area (Å²) < 4.78 is 11.5. The molecule has 5 fully saturated rings. The van der Waals surface area contributed by atoms with Crippen LogP contribution in [0.15, 0.2) is 48.5 Å². The zero-order valence-electron chi connectivity index (χ0n) is 21.1. The summed E-state index contributed by atoms with van der Waals surface area (Å²) in [7, 11) is 1.72. The van der Waals surface area contributed by atoms with Crippen LogP contribution in [0.5, 0.6) is 11.5 Å². The van der Waals surface area contributed by atoms with Crippen LogP contribution in [-0.2, 0) is 5.41 Å². The van der Waals surface area contributed by atoms with E-state index in [1.165, 1.54) is 44.1 Å². The number of rotatable bonds is 8. The van der Waals surface area contributed by atoms with E-state index in [-0.39, 0.29) is 0 Å². The van der Waals surface area contributed by atoms with Gasteiger partial charge in [-0.3, -0.25) is 4.90 Å². The van der Waals surface area contributed by atoms with Gasteiger partial charge in [-0.25, -0.2) is 0 Å². The van der Waals surface area contributed by atoms with Crippen molar-refractivity contribution in [1.29, 1.82) is 0 Å². The molecule has 4 bridgehead atoms. The largest absolute Gasteiger partial charge is 0.495 e. The van der Waals surface area contributed by atoms with Gasteiger partial charge in [0.1, 0.15) is 24.2 Å². The summed E-state index contributed by atoms with van der Waals surface area (Å²) in [6.07, 6.45) is 8.12. The minimum atomic E-state index is -0.490. The number of anilines is 1. The van der Waals surface area contributed by atoms with Crippen molar-refractivity contribution in [2.45, 2.75) is 50.0 Å². The first-order chi connectivity index (χ1) is 17.1. The molecule has 0 spiro atoms. The SMILES string of the molecule is COc1ccccc1N1CCN(CC(O)COc2ccc(C34CC5CC(CC(C5)C3)C4)cc2)CC1. The number of para-hydroxylation sites is 2. The van der Waals surface area contributed by atoms with Crippen molar-refractivity contribution in [3.05, 3.63) is 54.1 Å². The zero-order valence-corrected chi connectivity index (χ0v) is 21.1. The fourth-order valence-electron chi connectivity index (χ4n) is 7.97. The van der Waals surface area contributed by atoms with Crippen molar-refractivity contribution in [2.24, 2.45) is 17.8 Å². The molecule has 5 heteroatoms. The highest BCUT2D eigenvalue weighted by molar-refractivity contribution is 5.58. The normalized spacial score (nSPS) is 30.9. The van der Waals surface area contributed by atoms with E-state index in [0.717, 1.165) is 61.1 Å². The molecule has 188 valence electrons. The first-order valence-electron chi connectivity index (χ1n) is 13.6. The maximum absolute atomic E-state index is 10.6. The topological polar surface area (TPSA) is 45.2 Å². The molecule has 0 radical (unpaired) electrons. The predicted molar refractivity (Wildman–Crippen MR) is 139 cm³/mol. The van der Waals surface area contributed by atoms with E-state index in [4.69, 9.17) is 9.47 Å². The van der Waals surface area contributed by atoms with Gasteiger partial charge in [0.2, 0.25) is 0 Å². The van der Waals surface area contributed by atoms with E-state index in [9.17, 15) is 5.11 Å². The Morgan fingerprint density at radius 3 is 2.14 bits per heavy atom. The zero-order chi connectivity index (χ0) is 23.8. The van der Waals surface area contributed by atoms with Gasteiger partial charge >= 0.3 is 0 Å². The number of benzene rings is 2. The molecule has 0 amide bonds. The van der Waals surface area contributed by atoms with Crippen molar-refractivity contribution < 1.29 is 14.6 Å². The third-order valence-corrected chi connectivity index (χ3v) is 9.21. The van der Waals surface area contributed by atoms with E-state index in [1.54, 1.807) is 7.11 Å². The van der Waals surface area contributed by atoms with E-state index in [2.05, 4.69) is 46.2 Å². The first kappa shape index (κ1) is 23.2. The van der Waals surface area contributed by atoms with E-state index >= 15 is 0 Å². The number of aliphatic hydroxyl groups is 1. The number of methoxy groups -OCH3 is 1. The Hall–Kier alpha value is -2.24. The van der Waals surface area contributed by atoms with Crippen LogP contribution in [0.2, 0.25) is 0 Å². The van der Waals surface area contributed by atoms with Gasteiger partial charge in [-0.15, -0.1) is 0 Å². The van der Waals surface area contributed by atoms with Crippen LogP contribution in [-0.4, -0.2) is 62.6 Å². The molecule has 4 aliphatic carbocycles. The van der Waals surface area contributed by atoms with Crippen LogP contribution in [0.4, 0.5) is 5.69 Å². The van der Waals surface area contributed by atoms with Crippen LogP contribution in [0, 0.1) is 17.8 Å². The third kappa shape index (κ3) is 4.77. The lowest BCUT2D eigenvalue weighted by Crippen LogP contribution is -2.49. The standard InChI is InChI=1S/C30H40N2O3/c1-34-29-5-3-2-4-28(29)32-12-10-31(11-13-32)20-26(33)21-35-27-8-6-25(7-9-27)30-17-22-14-23(18-30)16-24(15-22)19-30/h2-9,22-24,26,33H,10-21H2,1H3. The molecule has 1 N–H and O–H groups in total.